The van der Waals surface area contributed by atoms with Crippen LogP contribution in [0.25, 0.3) is 0 Å². The van der Waals surface area contributed by atoms with Crippen LogP contribution in [0.5, 0.6) is 0 Å². The number of carbonyl (C=O) groups is 1. The molecule has 2 fully saturated rings. The first kappa shape index (κ1) is 21.1. The van der Waals surface area contributed by atoms with Crippen molar-refractivity contribution in [3.63, 3.8) is 0 Å². The lowest BCUT2D eigenvalue weighted by atomic mass is 9.89. The molecule has 1 N–H and O–H groups in total. The lowest BCUT2D eigenvalue weighted by molar-refractivity contribution is 0.0906. The molecule has 4 rings (SSSR count). The second-order valence-corrected chi connectivity index (χ2v) is 10.3. The quantitative estimate of drug-likeness (QED) is 0.755. The fourth-order valence-electron chi connectivity index (χ4n) is 4.45. The first-order valence-electron chi connectivity index (χ1n) is 10.8. The zero-order valence-corrected chi connectivity index (χ0v) is 17.9. The molecule has 8 heteroatoms. The van der Waals surface area contributed by atoms with Crippen LogP contribution in [0.3, 0.4) is 0 Å². The van der Waals surface area contributed by atoms with Crippen molar-refractivity contribution in [1.29, 1.82) is 0 Å². The van der Waals surface area contributed by atoms with E-state index in [1.165, 1.54) is 23.6 Å². The van der Waals surface area contributed by atoms with Crippen molar-refractivity contribution in [3.8, 4) is 0 Å². The van der Waals surface area contributed by atoms with E-state index < -0.39 is 10.0 Å². The van der Waals surface area contributed by atoms with Gasteiger partial charge in [0.2, 0.25) is 15.8 Å². The Hall–Kier alpha value is -2.19. The predicted octanol–water partition coefficient (Wildman–Crippen LogP) is 3.55. The minimum atomic E-state index is -3.54. The average molecular weight is 432 g/mol. The van der Waals surface area contributed by atoms with E-state index in [0.29, 0.717) is 36.1 Å². The summed E-state index contributed by atoms with van der Waals surface area (Å²) in [6.45, 7) is 1.49. The number of piperidine rings is 1. The molecule has 2 aliphatic rings. The van der Waals surface area contributed by atoms with Crippen molar-refractivity contribution in [1.82, 2.24) is 14.8 Å². The Kier molecular flexibility index (Phi) is 6.53. The highest BCUT2D eigenvalue weighted by molar-refractivity contribution is 7.89. The number of amides is 1. The fourth-order valence-corrected chi connectivity index (χ4v) is 5.99. The number of benzene rings is 1. The minimum absolute atomic E-state index is 0.0825. The molecule has 1 amide bonds. The van der Waals surface area contributed by atoms with E-state index in [4.69, 9.17) is 4.52 Å². The molecular formula is C22H29N3O4S. The summed E-state index contributed by atoms with van der Waals surface area (Å²) < 4.78 is 32.7. The van der Waals surface area contributed by atoms with Gasteiger partial charge in [-0.15, -0.1) is 0 Å². The van der Waals surface area contributed by atoms with Gasteiger partial charge in [0, 0.05) is 31.6 Å². The molecule has 1 aliphatic carbocycles. The van der Waals surface area contributed by atoms with E-state index >= 15 is 0 Å². The van der Waals surface area contributed by atoms with Crippen molar-refractivity contribution in [3.05, 3.63) is 47.9 Å². The fraction of sp³-hybridized carbons (Fsp3) is 0.545. The summed E-state index contributed by atoms with van der Waals surface area (Å²) in [5.74, 6) is 0.411. The molecule has 1 aromatic heterocycles. The number of rotatable bonds is 6. The summed E-state index contributed by atoms with van der Waals surface area (Å²) >= 11 is 0. The topological polar surface area (TPSA) is 92.5 Å². The Morgan fingerprint density at radius 2 is 1.87 bits per heavy atom. The maximum absolute atomic E-state index is 12.9. The normalized spacial score (nSPS) is 21.4. The van der Waals surface area contributed by atoms with E-state index in [9.17, 15) is 13.2 Å². The van der Waals surface area contributed by atoms with Crippen molar-refractivity contribution in [2.45, 2.75) is 55.8 Å². The lowest BCUT2D eigenvalue weighted by Gasteiger charge is -2.30. The van der Waals surface area contributed by atoms with Crippen LogP contribution in [0.15, 0.2) is 45.8 Å². The van der Waals surface area contributed by atoms with Gasteiger partial charge in [-0.1, -0.05) is 42.6 Å². The summed E-state index contributed by atoms with van der Waals surface area (Å²) in [7, 11) is -3.54. The Morgan fingerprint density at radius 1 is 1.10 bits per heavy atom. The van der Waals surface area contributed by atoms with Crippen LogP contribution in [0.1, 0.15) is 67.1 Å². The van der Waals surface area contributed by atoms with E-state index in [1.54, 1.807) is 36.4 Å². The first-order valence-corrected chi connectivity index (χ1v) is 12.3. The van der Waals surface area contributed by atoms with Gasteiger partial charge in [0.05, 0.1) is 10.6 Å². The van der Waals surface area contributed by atoms with Crippen molar-refractivity contribution >= 4 is 15.9 Å². The van der Waals surface area contributed by atoms with Crippen LogP contribution in [0, 0.1) is 5.92 Å². The SMILES string of the molecule is O=C(NCC1CCCCC1)c1cc([C@H]2CCCN(S(=O)(=O)c3ccccc3)C2)no1. The van der Waals surface area contributed by atoms with E-state index in [-0.39, 0.29) is 17.6 Å². The second kappa shape index (κ2) is 9.31. The molecule has 0 spiro atoms. The van der Waals surface area contributed by atoms with Crippen LogP contribution < -0.4 is 5.32 Å². The molecule has 1 saturated heterocycles. The summed E-state index contributed by atoms with van der Waals surface area (Å²) in [5.41, 5.74) is 0.644. The standard InChI is InChI=1S/C22H29N3O4S/c26-22(23-15-17-8-3-1-4-9-17)21-14-20(24-29-21)18-10-7-13-25(16-18)30(27,28)19-11-5-2-6-12-19/h2,5-6,11-12,14,17-18H,1,3-4,7-10,13,15-16H2,(H,23,26)/t18-/m0/s1. The molecular weight excluding hydrogens is 402 g/mol. The van der Waals surface area contributed by atoms with Crippen molar-refractivity contribution < 1.29 is 17.7 Å². The third kappa shape index (κ3) is 4.75. The number of hydrogen-bond acceptors (Lipinski definition) is 5. The molecule has 0 bridgehead atoms. The van der Waals surface area contributed by atoms with E-state index in [1.807, 2.05) is 0 Å². The largest absolute Gasteiger partial charge is 0.351 e. The summed E-state index contributed by atoms with van der Waals surface area (Å²) in [6, 6.07) is 10.1. The highest BCUT2D eigenvalue weighted by Gasteiger charge is 2.32. The molecule has 1 aliphatic heterocycles. The number of nitrogens with zero attached hydrogens (tertiary/aromatic N) is 2. The smallest absolute Gasteiger partial charge is 0.289 e. The van der Waals surface area contributed by atoms with Crippen LogP contribution in [-0.4, -0.2) is 43.4 Å². The van der Waals surface area contributed by atoms with Crippen LogP contribution in [-0.2, 0) is 10.0 Å². The van der Waals surface area contributed by atoms with Gasteiger partial charge in [-0.3, -0.25) is 4.79 Å². The molecule has 162 valence electrons. The zero-order valence-electron chi connectivity index (χ0n) is 17.1. The highest BCUT2D eigenvalue weighted by Crippen LogP contribution is 2.30. The van der Waals surface area contributed by atoms with E-state index in [2.05, 4.69) is 10.5 Å². The van der Waals surface area contributed by atoms with Crippen LogP contribution in [0.4, 0.5) is 0 Å². The van der Waals surface area contributed by atoms with Gasteiger partial charge in [-0.2, -0.15) is 4.31 Å². The number of nitrogens with one attached hydrogen (secondary N) is 1. The van der Waals surface area contributed by atoms with Crippen LogP contribution >= 0.6 is 0 Å². The first-order chi connectivity index (χ1) is 14.5. The minimum Gasteiger partial charge on any atom is -0.351 e. The molecule has 7 nitrogen and oxygen atoms in total. The van der Waals surface area contributed by atoms with Crippen molar-refractivity contribution in [2.75, 3.05) is 19.6 Å². The number of hydrogen-bond donors (Lipinski definition) is 1. The van der Waals surface area contributed by atoms with Gasteiger partial charge >= 0.3 is 0 Å². The molecule has 30 heavy (non-hydrogen) atoms. The Morgan fingerprint density at radius 3 is 2.63 bits per heavy atom. The molecule has 0 radical (unpaired) electrons. The third-order valence-corrected chi connectivity index (χ3v) is 8.09. The maximum Gasteiger partial charge on any atom is 0.289 e. The highest BCUT2D eigenvalue weighted by atomic mass is 32.2. The van der Waals surface area contributed by atoms with Gasteiger partial charge in [0.15, 0.2) is 0 Å². The van der Waals surface area contributed by atoms with Crippen molar-refractivity contribution in [2.24, 2.45) is 5.92 Å². The molecule has 2 aromatic rings. The number of sulfonamides is 1. The Balaban J connectivity index is 1.38. The second-order valence-electron chi connectivity index (χ2n) is 8.35. The number of carbonyl (C=O) groups excluding carboxylic acids is 1. The summed E-state index contributed by atoms with van der Waals surface area (Å²) in [5, 5.41) is 7.05. The van der Waals surface area contributed by atoms with Gasteiger partial charge < -0.3 is 9.84 Å². The van der Waals surface area contributed by atoms with Gasteiger partial charge in [0.25, 0.3) is 5.91 Å². The Bertz CT molecular complexity index is 952. The maximum atomic E-state index is 12.9. The monoisotopic (exact) mass is 431 g/mol. The molecule has 2 heterocycles. The van der Waals surface area contributed by atoms with Gasteiger partial charge in [-0.25, -0.2) is 8.42 Å². The molecule has 1 saturated carbocycles. The average Bonchev–Trinajstić information content (AvgIpc) is 3.29. The summed E-state index contributed by atoms with van der Waals surface area (Å²) in [6.07, 6.45) is 7.64. The molecule has 1 atom stereocenters. The zero-order chi connectivity index (χ0) is 21.0. The van der Waals surface area contributed by atoms with Crippen LogP contribution in [0.2, 0.25) is 0 Å². The van der Waals surface area contributed by atoms with Gasteiger partial charge in [-0.05, 0) is 43.7 Å². The molecule has 0 unspecified atom stereocenters. The number of aromatic nitrogens is 1. The van der Waals surface area contributed by atoms with E-state index in [0.717, 1.165) is 25.7 Å². The molecule has 1 aromatic carbocycles. The summed E-state index contributed by atoms with van der Waals surface area (Å²) in [4.78, 5) is 12.7. The third-order valence-electron chi connectivity index (χ3n) is 6.21. The van der Waals surface area contributed by atoms with Gasteiger partial charge in [0.1, 0.15) is 0 Å². The Labute approximate surface area is 177 Å². The lowest BCUT2D eigenvalue weighted by Crippen LogP contribution is -2.39. The predicted molar refractivity (Wildman–Crippen MR) is 113 cm³/mol.